The molecule has 3 aliphatic rings. The summed E-state index contributed by atoms with van der Waals surface area (Å²) in [5.74, 6) is 0.346. The maximum Gasteiger partial charge on any atom is 0.187 e. The Bertz CT molecular complexity index is 618. The Balaban J connectivity index is 1.86. The number of aliphatic hydroxyl groups is 6. The fourth-order valence-corrected chi connectivity index (χ4v) is 5.25. The molecule has 1 saturated carbocycles. The summed E-state index contributed by atoms with van der Waals surface area (Å²) in [4.78, 5) is 0. The van der Waals surface area contributed by atoms with Crippen molar-refractivity contribution in [2.75, 3.05) is 6.61 Å². The molecule has 0 aromatic heterocycles. The van der Waals surface area contributed by atoms with Crippen molar-refractivity contribution in [1.29, 1.82) is 0 Å². The molecule has 0 unspecified atom stereocenters. The van der Waals surface area contributed by atoms with Crippen LogP contribution in [0.2, 0.25) is 0 Å². The fraction of sp³-hybridized carbons (Fsp3) is 0.905. The van der Waals surface area contributed by atoms with Crippen molar-refractivity contribution in [3.05, 3.63) is 11.6 Å². The maximum atomic E-state index is 11.6. The van der Waals surface area contributed by atoms with E-state index in [1.54, 1.807) is 6.92 Å². The van der Waals surface area contributed by atoms with Crippen molar-refractivity contribution in [2.45, 2.75) is 95.0 Å². The van der Waals surface area contributed by atoms with E-state index in [1.807, 2.05) is 13.0 Å². The monoisotopic (exact) mass is 416 g/mol. The average molecular weight is 417 g/mol. The molecule has 6 N–H and O–H groups in total. The molecule has 0 radical (unpaired) electrons. The van der Waals surface area contributed by atoms with Gasteiger partial charge in [-0.3, -0.25) is 0 Å². The lowest BCUT2D eigenvalue weighted by molar-refractivity contribution is -0.315. The second-order valence-electron chi connectivity index (χ2n) is 9.61. The van der Waals surface area contributed by atoms with Gasteiger partial charge in [0.05, 0.1) is 18.3 Å². The lowest BCUT2D eigenvalue weighted by Crippen LogP contribution is -2.65. The van der Waals surface area contributed by atoms with Gasteiger partial charge in [-0.1, -0.05) is 19.9 Å². The summed E-state index contributed by atoms with van der Waals surface area (Å²) in [5, 5.41) is 62.2. The Kier molecular flexibility index (Phi) is 6.50. The summed E-state index contributed by atoms with van der Waals surface area (Å²) in [7, 11) is 0. The van der Waals surface area contributed by atoms with Gasteiger partial charge in [0.25, 0.3) is 0 Å². The minimum Gasteiger partial charge on any atom is -0.394 e. The molecule has 29 heavy (non-hydrogen) atoms. The topological polar surface area (TPSA) is 140 Å². The van der Waals surface area contributed by atoms with Crippen molar-refractivity contribution >= 4 is 0 Å². The molecular formula is C21H36O8. The van der Waals surface area contributed by atoms with Crippen LogP contribution in [-0.4, -0.2) is 85.3 Å². The number of hydrogen-bond acceptors (Lipinski definition) is 8. The van der Waals surface area contributed by atoms with Crippen molar-refractivity contribution < 1.29 is 40.1 Å². The van der Waals surface area contributed by atoms with E-state index < -0.39 is 54.6 Å². The van der Waals surface area contributed by atoms with Gasteiger partial charge in [-0.2, -0.15) is 0 Å². The van der Waals surface area contributed by atoms with E-state index in [9.17, 15) is 30.6 Å². The minimum atomic E-state index is -1.53. The van der Waals surface area contributed by atoms with Crippen LogP contribution in [0.15, 0.2) is 11.6 Å². The highest BCUT2D eigenvalue weighted by atomic mass is 16.7. The van der Waals surface area contributed by atoms with Crippen LogP contribution in [0.3, 0.4) is 0 Å². The summed E-state index contributed by atoms with van der Waals surface area (Å²) < 4.78 is 11.4. The van der Waals surface area contributed by atoms with E-state index in [2.05, 4.69) is 13.8 Å². The highest BCUT2D eigenvalue weighted by Crippen LogP contribution is 2.53. The van der Waals surface area contributed by atoms with E-state index >= 15 is 0 Å². The third-order valence-corrected chi connectivity index (χ3v) is 7.36. The molecule has 2 fully saturated rings. The van der Waals surface area contributed by atoms with Gasteiger partial charge in [0.15, 0.2) is 6.29 Å². The SMILES string of the molecule is CC1=C[C@H]2[C@H](C(C)C)CC[C@](C)(O)[C@@]2(O)C[C@@H]1O[C@@H]1O[C@H](CO)[C@@H](O)[C@H](O)[C@H]1O. The molecule has 1 saturated heterocycles. The van der Waals surface area contributed by atoms with Gasteiger partial charge in [-0.15, -0.1) is 0 Å². The molecule has 3 rings (SSSR count). The van der Waals surface area contributed by atoms with E-state index in [0.717, 1.165) is 12.0 Å². The van der Waals surface area contributed by atoms with E-state index in [0.29, 0.717) is 12.3 Å². The van der Waals surface area contributed by atoms with E-state index in [1.165, 1.54) is 0 Å². The van der Waals surface area contributed by atoms with Gasteiger partial charge in [-0.05, 0) is 44.1 Å². The Morgan fingerprint density at radius 1 is 1.17 bits per heavy atom. The Hall–Kier alpha value is -0.580. The lowest BCUT2D eigenvalue weighted by Gasteiger charge is -2.56. The quantitative estimate of drug-likeness (QED) is 0.343. The molecule has 0 amide bonds. The average Bonchev–Trinajstić information content (AvgIpc) is 2.64. The summed E-state index contributed by atoms with van der Waals surface area (Å²) in [5.41, 5.74) is -1.85. The Morgan fingerprint density at radius 2 is 1.83 bits per heavy atom. The Morgan fingerprint density at radius 3 is 2.41 bits per heavy atom. The van der Waals surface area contributed by atoms with E-state index in [4.69, 9.17) is 9.47 Å². The van der Waals surface area contributed by atoms with E-state index in [-0.39, 0.29) is 18.3 Å². The van der Waals surface area contributed by atoms with Gasteiger partial charge in [0.1, 0.15) is 30.0 Å². The third-order valence-electron chi connectivity index (χ3n) is 7.36. The molecule has 0 bridgehead atoms. The van der Waals surface area contributed by atoms with Crippen LogP contribution in [-0.2, 0) is 9.47 Å². The molecule has 1 aliphatic heterocycles. The van der Waals surface area contributed by atoms with Crippen molar-refractivity contribution in [1.82, 2.24) is 0 Å². The highest BCUT2D eigenvalue weighted by Gasteiger charge is 2.59. The highest BCUT2D eigenvalue weighted by molar-refractivity contribution is 5.24. The summed E-state index contributed by atoms with van der Waals surface area (Å²) in [6.45, 7) is 7.21. The maximum absolute atomic E-state index is 11.6. The predicted molar refractivity (Wildman–Crippen MR) is 104 cm³/mol. The molecular weight excluding hydrogens is 380 g/mol. The molecule has 10 atom stereocenters. The number of rotatable bonds is 4. The van der Waals surface area contributed by atoms with Gasteiger partial charge in [-0.25, -0.2) is 0 Å². The summed E-state index contributed by atoms with van der Waals surface area (Å²) in [6.07, 6.45) is -4.14. The second-order valence-corrected chi connectivity index (χ2v) is 9.61. The summed E-state index contributed by atoms with van der Waals surface area (Å²) in [6, 6.07) is 0. The van der Waals surface area contributed by atoms with Crippen LogP contribution in [0, 0.1) is 17.8 Å². The van der Waals surface area contributed by atoms with Gasteiger partial charge >= 0.3 is 0 Å². The van der Waals surface area contributed by atoms with Crippen LogP contribution in [0.25, 0.3) is 0 Å². The van der Waals surface area contributed by atoms with Crippen molar-refractivity contribution in [3.8, 4) is 0 Å². The molecule has 8 nitrogen and oxygen atoms in total. The zero-order valence-electron chi connectivity index (χ0n) is 17.6. The molecule has 8 heteroatoms. The molecule has 0 spiro atoms. The van der Waals surface area contributed by atoms with Crippen LogP contribution >= 0.6 is 0 Å². The number of fused-ring (bicyclic) bond motifs is 1. The molecule has 1 heterocycles. The molecule has 2 aliphatic carbocycles. The third kappa shape index (κ3) is 3.90. The first kappa shape index (κ1) is 23.1. The first-order valence-corrected chi connectivity index (χ1v) is 10.5. The smallest absolute Gasteiger partial charge is 0.187 e. The first-order chi connectivity index (χ1) is 13.4. The molecule has 0 aromatic carbocycles. The van der Waals surface area contributed by atoms with Crippen molar-refractivity contribution in [3.63, 3.8) is 0 Å². The van der Waals surface area contributed by atoms with Crippen LogP contribution in [0.1, 0.15) is 47.0 Å². The second kappa shape index (κ2) is 8.16. The van der Waals surface area contributed by atoms with Gasteiger partial charge < -0.3 is 40.1 Å². The van der Waals surface area contributed by atoms with Gasteiger partial charge in [0.2, 0.25) is 0 Å². The summed E-state index contributed by atoms with van der Waals surface area (Å²) >= 11 is 0. The fourth-order valence-electron chi connectivity index (χ4n) is 5.25. The van der Waals surface area contributed by atoms with Gasteiger partial charge in [0, 0.05) is 12.3 Å². The van der Waals surface area contributed by atoms with Crippen LogP contribution in [0.5, 0.6) is 0 Å². The molecule has 0 aromatic rings. The lowest BCUT2D eigenvalue weighted by atomic mass is 9.55. The minimum absolute atomic E-state index is 0.116. The van der Waals surface area contributed by atoms with Crippen LogP contribution < -0.4 is 0 Å². The van der Waals surface area contributed by atoms with Crippen LogP contribution in [0.4, 0.5) is 0 Å². The standard InChI is InChI=1S/C21H36O8/c1-10(2)12-5-6-20(4,26)21(27)8-14(11(3)7-13(12)21)28-19-18(25)17(24)16(23)15(9-22)29-19/h7,10,12-19,22-27H,5-6,8-9H2,1-4H3/t12-,13-,14-,15+,16+,17-,18+,19+,20-,21+/m0/s1. The normalized spacial score (nSPS) is 50.9. The predicted octanol–water partition coefficient (Wildman–Crippen LogP) is -0.314. The largest absolute Gasteiger partial charge is 0.394 e. The Labute approximate surface area is 171 Å². The zero-order valence-corrected chi connectivity index (χ0v) is 17.6. The van der Waals surface area contributed by atoms with Crippen molar-refractivity contribution in [2.24, 2.45) is 17.8 Å². The number of ether oxygens (including phenoxy) is 2. The molecule has 168 valence electrons. The number of aliphatic hydroxyl groups excluding tert-OH is 4. The number of hydrogen-bond donors (Lipinski definition) is 6. The first-order valence-electron chi connectivity index (χ1n) is 10.5. The zero-order chi connectivity index (χ0) is 21.7.